The zero-order valence-corrected chi connectivity index (χ0v) is 13.1. The smallest absolute Gasteiger partial charge is 0.323 e. The van der Waals surface area contributed by atoms with Gasteiger partial charge in [-0.1, -0.05) is 12.1 Å². The van der Waals surface area contributed by atoms with Crippen molar-refractivity contribution in [2.24, 2.45) is 5.73 Å². The van der Waals surface area contributed by atoms with E-state index in [2.05, 4.69) is 0 Å². The topological polar surface area (TPSA) is 61.5 Å². The fourth-order valence-corrected chi connectivity index (χ4v) is 1.76. The number of benzene rings is 1. The molecule has 4 nitrogen and oxygen atoms in total. The lowest BCUT2D eigenvalue weighted by molar-refractivity contribution is -0.145. The van der Waals surface area contributed by atoms with Crippen LogP contribution in [0.5, 0.6) is 5.75 Å². The van der Waals surface area contributed by atoms with Crippen LogP contribution in [0.25, 0.3) is 0 Å². The highest BCUT2D eigenvalue weighted by Gasteiger charge is 2.15. The Balaban J connectivity index is 0.00000361. The number of hydrogen-bond donors (Lipinski definition) is 1. The number of hydrogen-bond acceptors (Lipinski definition) is 4. The lowest BCUT2D eigenvalue weighted by atomic mass is 10.1. The Hall–Kier alpha value is -0.970. The van der Waals surface area contributed by atoms with Crippen LogP contribution < -0.4 is 10.5 Å². The van der Waals surface area contributed by atoms with Crippen molar-refractivity contribution in [1.82, 2.24) is 0 Å². The minimum absolute atomic E-state index is 0. The molecular weight excluding hydrogens is 301 g/mol. The Morgan fingerprint density at radius 3 is 2.50 bits per heavy atom. The molecule has 6 heteroatoms. The highest BCUT2D eigenvalue weighted by atomic mass is 35.5. The second-order valence-electron chi connectivity index (χ2n) is 4.22. The molecule has 2 N–H and O–H groups in total. The molecule has 20 heavy (non-hydrogen) atoms. The van der Waals surface area contributed by atoms with Crippen LogP contribution in [-0.4, -0.2) is 31.6 Å². The highest BCUT2D eigenvalue weighted by molar-refractivity contribution is 6.17. The fraction of sp³-hybridized carbons (Fsp3) is 0.500. The van der Waals surface area contributed by atoms with Crippen molar-refractivity contribution in [3.05, 3.63) is 29.8 Å². The van der Waals surface area contributed by atoms with Crippen molar-refractivity contribution >= 4 is 30.0 Å². The average molecular weight is 322 g/mol. The third-order valence-corrected chi connectivity index (χ3v) is 2.96. The average Bonchev–Trinajstić information content (AvgIpc) is 2.44. The zero-order chi connectivity index (χ0) is 14.1. The minimum atomic E-state index is -0.635. The fourth-order valence-electron chi connectivity index (χ4n) is 1.58. The van der Waals surface area contributed by atoms with E-state index in [1.165, 1.54) is 0 Å². The second kappa shape index (κ2) is 10.8. The van der Waals surface area contributed by atoms with Gasteiger partial charge in [-0.25, -0.2) is 0 Å². The van der Waals surface area contributed by atoms with Gasteiger partial charge in [0, 0.05) is 5.88 Å². The highest BCUT2D eigenvalue weighted by Crippen LogP contribution is 2.12. The van der Waals surface area contributed by atoms with Crippen LogP contribution >= 0.6 is 24.0 Å². The maximum absolute atomic E-state index is 11.6. The molecule has 0 saturated heterocycles. The van der Waals surface area contributed by atoms with E-state index >= 15 is 0 Å². The monoisotopic (exact) mass is 321 g/mol. The Bertz CT molecular complexity index is 385. The summed E-state index contributed by atoms with van der Waals surface area (Å²) >= 11 is 5.54. The predicted molar refractivity (Wildman–Crippen MR) is 82.8 cm³/mol. The lowest BCUT2D eigenvalue weighted by Crippen LogP contribution is -2.34. The van der Waals surface area contributed by atoms with Gasteiger partial charge in [0.1, 0.15) is 11.8 Å². The van der Waals surface area contributed by atoms with Crippen molar-refractivity contribution in [2.75, 3.05) is 19.6 Å². The van der Waals surface area contributed by atoms with Crippen molar-refractivity contribution in [3.8, 4) is 5.75 Å². The van der Waals surface area contributed by atoms with Gasteiger partial charge in [-0.3, -0.25) is 4.79 Å². The summed E-state index contributed by atoms with van der Waals surface area (Å²) in [6.45, 7) is 0.377. The van der Waals surface area contributed by atoms with E-state index in [1.807, 2.05) is 24.3 Å². The number of unbranched alkanes of at least 4 members (excludes halogenated alkanes) is 1. The molecule has 114 valence electrons. The number of alkyl halides is 1. The van der Waals surface area contributed by atoms with Gasteiger partial charge in [-0.2, -0.15) is 0 Å². The molecule has 0 heterocycles. The van der Waals surface area contributed by atoms with Gasteiger partial charge in [0.25, 0.3) is 0 Å². The third kappa shape index (κ3) is 6.98. The summed E-state index contributed by atoms with van der Waals surface area (Å²) in [6, 6.07) is 6.82. The van der Waals surface area contributed by atoms with Crippen molar-refractivity contribution in [3.63, 3.8) is 0 Å². The molecular formula is C14H21Cl2NO3. The Kier molecular flexibility index (Phi) is 10.3. The number of ether oxygens (including phenoxy) is 2. The first kappa shape index (κ1) is 19.0. The van der Waals surface area contributed by atoms with Gasteiger partial charge in [-0.05, 0) is 37.0 Å². The summed E-state index contributed by atoms with van der Waals surface area (Å²) in [4.78, 5) is 11.6. The van der Waals surface area contributed by atoms with Crippen molar-refractivity contribution in [2.45, 2.75) is 25.3 Å². The largest absolute Gasteiger partial charge is 0.497 e. The van der Waals surface area contributed by atoms with E-state index in [4.69, 9.17) is 26.8 Å². The summed E-state index contributed by atoms with van der Waals surface area (Å²) in [5, 5.41) is 0. The summed E-state index contributed by atoms with van der Waals surface area (Å²) in [7, 11) is 1.61. The predicted octanol–water partition coefficient (Wildman–Crippen LogP) is 2.55. The van der Waals surface area contributed by atoms with Gasteiger partial charge in [0.05, 0.1) is 13.7 Å². The van der Waals surface area contributed by atoms with Crippen LogP contribution in [-0.2, 0) is 16.0 Å². The molecule has 0 saturated carbocycles. The molecule has 0 aromatic heterocycles. The molecule has 0 aliphatic heterocycles. The number of methoxy groups -OCH3 is 1. The van der Waals surface area contributed by atoms with Crippen molar-refractivity contribution < 1.29 is 14.3 Å². The van der Waals surface area contributed by atoms with Crippen LogP contribution in [0.2, 0.25) is 0 Å². The van der Waals surface area contributed by atoms with Crippen LogP contribution in [0.1, 0.15) is 18.4 Å². The maximum atomic E-state index is 11.6. The molecule has 0 aliphatic carbocycles. The normalized spacial score (nSPS) is 11.3. The molecule has 1 aromatic carbocycles. The molecule has 0 bridgehead atoms. The van der Waals surface area contributed by atoms with E-state index in [1.54, 1.807) is 7.11 Å². The first-order chi connectivity index (χ1) is 9.17. The molecule has 0 spiro atoms. The Labute approximate surface area is 131 Å². The van der Waals surface area contributed by atoms with Gasteiger partial charge < -0.3 is 15.2 Å². The van der Waals surface area contributed by atoms with Gasteiger partial charge in [-0.15, -0.1) is 24.0 Å². The molecule has 1 unspecified atom stereocenters. The van der Waals surface area contributed by atoms with E-state index in [0.717, 1.165) is 24.2 Å². The Morgan fingerprint density at radius 2 is 1.95 bits per heavy atom. The van der Waals surface area contributed by atoms with Crippen molar-refractivity contribution in [1.29, 1.82) is 0 Å². The van der Waals surface area contributed by atoms with Crippen LogP contribution in [0.4, 0.5) is 0 Å². The number of carbonyl (C=O) groups excluding carboxylic acids is 1. The standard InChI is InChI=1S/C14H20ClNO3.ClH/c1-18-12-6-4-11(5-7-12)10-13(16)14(17)19-9-3-2-8-15;/h4-7,13H,2-3,8-10,16H2,1H3;1H. The molecule has 1 atom stereocenters. The van der Waals surface area contributed by atoms with Crippen LogP contribution in [0.15, 0.2) is 24.3 Å². The summed E-state index contributed by atoms with van der Waals surface area (Å²) in [6.07, 6.45) is 2.06. The summed E-state index contributed by atoms with van der Waals surface area (Å²) in [5.74, 6) is 0.987. The van der Waals surface area contributed by atoms with Gasteiger partial charge in [0.2, 0.25) is 0 Å². The minimum Gasteiger partial charge on any atom is -0.497 e. The van der Waals surface area contributed by atoms with Crippen LogP contribution in [0, 0.1) is 0 Å². The molecule has 1 aromatic rings. The number of nitrogens with two attached hydrogens (primary N) is 1. The number of rotatable bonds is 8. The molecule has 0 aliphatic rings. The lowest BCUT2D eigenvalue weighted by Gasteiger charge is -2.11. The Morgan fingerprint density at radius 1 is 1.30 bits per heavy atom. The van der Waals surface area contributed by atoms with Gasteiger partial charge in [0.15, 0.2) is 0 Å². The third-order valence-electron chi connectivity index (χ3n) is 2.69. The number of carbonyl (C=O) groups is 1. The SMILES string of the molecule is COc1ccc(CC(N)C(=O)OCCCCCl)cc1.Cl. The summed E-state index contributed by atoms with van der Waals surface area (Å²) in [5.41, 5.74) is 6.78. The molecule has 0 amide bonds. The quantitative estimate of drug-likeness (QED) is 0.454. The zero-order valence-electron chi connectivity index (χ0n) is 11.5. The molecule has 1 rings (SSSR count). The van der Waals surface area contributed by atoms with E-state index < -0.39 is 6.04 Å². The van der Waals surface area contributed by atoms with E-state index in [0.29, 0.717) is 18.9 Å². The van der Waals surface area contributed by atoms with Crippen LogP contribution in [0.3, 0.4) is 0 Å². The molecule has 0 fully saturated rings. The first-order valence-electron chi connectivity index (χ1n) is 6.28. The second-order valence-corrected chi connectivity index (χ2v) is 4.60. The van der Waals surface area contributed by atoms with E-state index in [9.17, 15) is 4.79 Å². The summed E-state index contributed by atoms with van der Waals surface area (Å²) < 4.78 is 10.1. The van der Waals surface area contributed by atoms with Gasteiger partial charge >= 0.3 is 5.97 Å². The number of esters is 1. The first-order valence-corrected chi connectivity index (χ1v) is 6.82. The van der Waals surface area contributed by atoms with E-state index in [-0.39, 0.29) is 18.4 Å². The molecule has 0 radical (unpaired) electrons. The number of halogens is 2. The maximum Gasteiger partial charge on any atom is 0.323 e.